The molecule has 0 saturated carbocycles. The van der Waals surface area contributed by atoms with Gasteiger partial charge >= 0.3 is 0 Å². The van der Waals surface area contributed by atoms with E-state index in [2.05, 4.69) is 21.2 Å². The number of anilines is 1. The van der Waals surface area contributed by atoms with Gasteiger partial charge in [-0.15, -0.1) is 0 Å². The van der Waals surface area contributed by atoms with E-state index < -0.39 is 11.4 Å². The molecule has 1 amide bonds. The molecule has 1 aromatic heterocycles. The average molecular weight is 344 g/mol. The Morgan fingerprint density at radius 1 is 1.42 bits per heavy atom. The van der Waals surface area contributed by atoms with Gasteiger partial charge in [0.2, 0.25) is 0 Å². The Kier molecular flexibility index (Phi) is 3.87. The van der Waals surface area contributed by atoms with Crippen molar-refractivity contribution in [2.45, 2.75) is 12.5 Å². The van der Waals surface area contributed by atoms with Crippen LogP contribution in [-0.2, 0) is 10.3 Å². The van der Waals surface area contributed by atoms with Crippen LogP contribution in [-0.4, -0.2) is 5.91 Å². The molecular formula is C13H12BrClN2O2. The summed E-state index contributed by atoms with van der Waals surface area (Å²) < 4.78 is 5.96. The van der Waals surface area contributed by atoms with Crippen LogP contribution in [0.4, 0.5) is 5.69 Å². The van der Waals surface area contributed by atoms with E-state index in [1.54, 1.807) is 43.3 Å². The second-order valence-electron chi connectivity index (χ2n) is 4.23. The van der Waals surface area contributed by atoms with E-state index in [-0.39, 0.29) is 0 Å². The first-order valence-corrected chi connectivity index (χ1v) is 6.68. The average Bonchev–Trinajstić information content (AvgIpc) is 2.76. The highest BCUT2D eigenvalue weighted by Crippen LogP contribution is 2.30. The smallest absolute Gasteiger partial charge is 0.250 e. The van der Waals surface area contributed by atoms with Gasteiger partial charge in [0.25, 0.3) is 5.91 Å². The normalized spacial score (nSPS) is 13.8. The number of furan rings is 1. The molecular weight excluding hydrogens is 332 g/mol. The van der Waals surface area contributed by atoms with Gasteiger partial charge in [0.05, 0.1) is 0 Å². The summed E-state index contributed by atoms with van der Waals surface area (Å²) in [6, 6.07) is 10.4. The van der Waals surface area contributed by atoms with Gasteiger partial charge < -0.3 is 15.5 Å². The molecule has 0 bridgehead atoms. The summed E-state index contributed by atoms with van der Waals surface area (Å²) in [6.45, 7) is 1.65. The van der Waals surface area contributed by atoms with Gasteiger partial charge in [-0.2, -0.15) is 0 Å². The lowest BCUT2D eigenvalue weighted by molar-refractivity contribution is -0.122. The molecule has 2 rings (SSSR count). The third-order valence-corrected chi connectivity index (χ3v) is 3.44. The maximum atomic E-state index is 11.8. The second-order valence-corrected chi connectivity index (χ2v) is 5.45. The largest absolute Gasteiger partial charge is 0.451 e. The van der Waals surface area contributed by atoms with Crippen molar-refractivity contribution in [2.75, 3.05) is 5.32 Å². The lowest BCUT2D eigenvalue weighted by atomic mass is 9.97. The van der Waals surface area contributed by atoms with Crippen LogP contribution in [0, 0.1) is 0 Å². The SMILES string of the molecule is CC(Nc1cccc(Cl)c1)(C(N)=O)c1ccc(Br)o1. The Hall–Kier alpha value is -1.46. The highest BCUT2D eigenvalue weighted by Gasteiger charge is 2.36. The van der Waals surface area contributed by atoms with E-state index in [0.717, 1.165) is 0 Å². The first kappa shape index (κ1) is 14.0. The molecule has 100 valence electrons. The van der Waals surface area contributed by atoms with E-state index in [0.29, 0.717) is 21.1 Å². The highest BCUT2D eigenvalue weighted by molar-refractivity contribution is 9.10. The maximum Gasteiger partial charge on any atom is 0.250 e. The lowest BCUT2D eigenvalue weighted by Crippen LogP contribution is -2.44. The fourth-order valence-electron chi connectivity index (χ4n) is 1.68. The molecule has 0 radical (unpaired) electrons. The van der Waals surface area contributed by atoms with Crippen LogP contribution in [0.5, 0.6) is 0 Å². The van der Waals surface area contributed by atoms with E-state index in [4.69, 9.17) is 21.8 Å². The van der Waals surface area contributed by atoms with Crippen LogP contribution >= 0.6 is 27.5 Å². The first-order chi connectivity index (χ1) is 8.91. The number of nitrogens with two attached hydrogens (primary N) is 1. The molecule has 0 spiro atoms. The fraction of sp³-hybridized carbons (Fsp3) is 0.154. The number of primary amides is 1. The molecule has 3 N–H and O–H groups in total. The zero-order valence-electron chi connectivity index (χ0n) is 10.1. The number of carbonyl (C=O) groups is 1. The monoisotopic (exact) mass is 342 g/mol. The zero-order chi connectivity index (χ0) is 14.0. The predicted octanol–water partition coefficient (Wildman–Crippen LogP) is 3.51. The Morgan fingerprint density at radius 3 is 2.68 bits per heavy atom. The van der Waals surface area contributed by atoms with Crippen molar-refractivity contribution in [3.63, 3.8) is 0 Å². The minimum absolute atomic E-state index is 0.423. The molecule has 4 nitrogen and oxygen atoms in total. The number of halogens is 2. The van der Waals surface area contributed by atoms with Crippen molar-refractivity contribution in [2.24, 2.45) is 5.73 Å². The van der Waals surface area contributed by atoms with Crippen LogP contribution in [0.1, 0.15) is 12.7 Å². The number of hydrogen-bond acceptors (Lipinski definition) is 3. The number of amides is 1. The van der Waals surface area contributed by atoms with Gasteiger partial charge in [0, 0.05) is 10.7 Å². The summed E-state index contributed by atoms with van der Waals surface area (Å²) in [4.78, 5) is 11.8. The van der Waals surface area contributed by atoms with Crippen molar-refractivity contribution < 1.29 is 9.21 Å². The summed E-state index contributed by atoms with van der Waals surface area (Å²) in [7, 11) is 0. The van der Waals surface area contributed by atoms with E-state index in [9.17, 15) is 4.79 Å². The number of rotatable bonds is 4. The van der Waals surface area contributed by atoms with Crippen LogP contribution in [0.25, 0.3) is 0 Å². The number of hydrogen-bond donors (Lipinski definition) is 2. The Bertz CT molecular complexity index is 614. The number of nitrogens with one attached hydrogen (secondary N) is 1. The molecule has 0 aliphatic rings. The minimum Gasteiger partial charge on any atom is -0.451 e. The van der Waals surface area contributed by atoms with Gasteiger partial charge in [-0.1, -0.05) is 17.7 Å². The van der Waals surface area contributed by atoms with Gasteiger partial charge in [0.1, 0.15) is 5.76 Å². The number of benzene rings is 1. The standard InChI is InChI=1S/C13H12BrClN2O2/c1-13(12(16)18,10-5-6-11(14)19-10)17-9-4-2-3-8(15)7-9/h2-7,17H,1H3,(H2,16,18). The van der Waals surface area contributed by atoms with E-state index in [1.165, 1.54) is 0 Å². The first-order valence-electron chi connectivity index (χ1n) is 5.51. The third-order valence-electron chi connectivity index (χ3n) is 2.78. The van der Waals surface area contributed by atoms with E-state index in [1.807, 2.05) is 0 Å². The minimum atomic E-state index is -1.16. The highest BCUT2D eigenvalue weighted by atomic mass is 79.9. The molecule has 1 atom stereocenters. The quantitative estimate of drug-likeness (QED) is 0.892. The molecule has 19 heavy (non-hydrogen) atoms. The van der Waals surface area contributed by atoms with Crippen LogP contribution in [0.15, 0.2) is 45.5 Å². The molecule has 0 fully saturated rings. The molecule has 0 aliphatic heterocycles. The van der Waals surface area contributed by atoms with Gasteiger partial charge in [-0.25, -0.2) is 0 Å². The van der Waals surface area contributed by atoms with Gasteiger partial charge in [0.15, 0.2) is 10.2 Å². The van der Waals surface area contributed by atoms with Crippen molar-refractivity contribution in [3.8, 4) is 0 Å². The molecule has 0 aliphatic carbocycles. The maximum absolute atomic E-state index is 11.8. The molecule has 1 aromatic carbocycles. The van der Waals surface area contributed by atoms with E-state index >= 15 is 0 Å². The predicted molar refractivity (Wildman–Crippen MR) is 78.0 cm³/mol. The summed E-state index contributed by atoms with van der Waals surface area (Å²) in [5, 5.41) is 3.62. The zero-order valence-corrected chi connectivity index (χ0v) is 12.5. The second kappa shape index (κ2) is 5.27. The lowest BCUT2D eigenvalue weighted by Gasteiger charge is -2.26. The summed E-state index contributed by atoms with van der Waals surface area (Å²) in [6.07, 6.45) is 0. The molecule has 1 heterocycles. The summed E-state index contributed by atoms with van der Waals surface area (Å²) >= 11 is 9.12. The van der Waals surface area contributed by atoms with Crippen molar-refractivity contribution in [1.29, 1.82) is 0 Å². The van der Waals surface area contributed by atoms with Gasteiger partial charge in [-0.05, 0) is 53.2 Å². The summed E-state index contributed by atoms with van der Waals surface area (Å²) in [5.74, 6) is -0.124. The fourth-order valence-corrected chi connectivity index (χ4v) is 2.18. The van der Waals surface area contributed by atoms with Crippen LogP contribution in [0.3, 0.4) is 0 Å². The Balaban J connectivity index is 2.38. The Morgan fingerprint density at radius 2 is 2.16 bits per heavy atom. The topological polar surface area (TPSA) is 68.3 Å². The molecule has 6 heteroatoms. The Labute approximate surface area is 124 Å². The molecule has 2 aromatic rings. The van der Waals surface area contributed by atoms with Crippen LogP contribution < -0.4 is 11.1 Å². The third kappa shape index (κ3) is 2.93. The summed E-state index contributed by atoms with van der Waals surface area (Å²) in [5.41, 5.74) is 5.01. The van der Waals surface area contributed by atoms with Crippen molar-refractivity contribution >= 4 is 39.1 Å². The van der Waals surface area contributed by atoms with Crippen molar-refractivity contribution in [3.05, 3.63) is 51.9 Å². The molecule has 0 saturated heterocycles. The number of carbonyl (C=O) groups excluding carboxylic acids is 1. The molecule has 1 unspecified atom stereocenters. The van der Waals surface area contributed by atoms with Crippen LogP contribution in [0.2, 0.25) is 5.02 Å². The van der Waals surface area contributed by atoms with Crippen molar-refractivity contribution in [1.82, 2.24) is 0 Å². The van der Waals surface area contributed by atoms with Gasteiger partial charge in [-0.3, -0.25) is 4.79 Å².